The van der Waals surface area contributed by atoms with Crippen LogP contribution in [0.1, 0.15) is 12.0 Å². The van der Waals surface area contributed by atoms with Crippen LogP contribution < -0.4 is 10.1 Å². The maximum Gasteiger partial charge on any atom is 0.225 e. The zero-order valence-corrected chi connectivity index (χ0v) is 12.8. The molecular formula is C15H23FN2O3. The van der Waals surface area contributed by atoms with E-state index in [1.54, 1.807) is 27.3 Å². The van der Waals surface area contributed by atoms with Crippen molar-refractivity contribution in [1.29, 1.82) is 0 Å². The van der Waals surface area contributed by atoms with Crippen molar-refractivity contribution in [2.45, 2.75) is 13.0 Å². The van der Waals surface area contributed by atoms with Gasteiger partial charge in [-0.05, 0) is 18.2 Å². The Morgan fingerprint density at radius 1 is 1.33 bits per heavy atom. The second kappa shape index (κ2) is 9.31. The smallest absolute Gasteiger partial charge is 0.225 e. The summed E-state index contributed by atoms with van der Waals surface area (Å²) >= 11 is 0. The number of hydrogen-bond donors (Lipinski definition) is 1. The number of nitrogens with one attached hydrogen (secondary N) is 1. The molecule has 0 heterocycles. The Balaban J connectivity index is 2.53. The lowest BCUT2D eigenvalue weighted by Crippen LogP contribution is -2.23. The lowest BCUT2D eigenvalue weighted by atomic mass is 10.2. The highest BCUT2D eigenvalue weighted by molar-refractivity contribution is 5.75. The summed E-state index contributed by atoms with van der Waals surface area (Å²) in [6.07, 6.45) is 0.293. The van der Waals surface area contributed by atoms with Crippen molar-refractivity contribution in [3.05, 3.63) is 29.6 Å². The number of amides is 1. The Morgan fingerprint density at radius 2 is 2.10 bits per heavy atom. The molecule has 0 unspecified atom stereocenters. The first-order chi connectivity index (χ1) is 10.0. The van der Waals surface area contributed by atoms with Crippen LogP contribution in [-0.2, 0) is 16.1 Å². The van der Waals surface area contributed by atoms with Crippen molar-refractivity contribution < 1.29 is 18.7 Å². The van der Waals surface area contributed by atoms with Gasteiger partial charge in [-0.2, -0.15) is 0 Å². The average molecular weight is 298 g/mol. The minimum Gasteiger partial charge on any atom is -0.493 e. The van der Waals surface area contributed by atoms with Crippen LogP contribution in [0.3, 0.4) is 0 Å². The fourth-order valence-corrected chi connectivity index (χ4v) is 1.70. The number of methoxy groups -OCH3 is 1. The lowest BCUT2D eigenvalue weighted by molar-refractivity contribution is -0.129. The quantitative estimate of drug-likeness (QED) is 0.701. The standard InChI is InChI=1S/C15H23FN2O3/c1-18(2)15(19)6-8-21-14-5-4-13(16)10-12(14)11-17-7-9-20-3/h4-5,10,17H,6-9,11H2,1-3H3. The van der Waals surface area contributed by atoms with Crippen molar-refractivity contribution in [3.8, 4) is 5.75 Å². The van der Waals surface area contributed by atoms with Crippen molar-refractivity contribution in [1.82, 2.24) is 10.2 Å². The van der Waals surface area contributed by atoms with Gasteiger partial charge >= 0.3 is 0 Å². The number of rotatable bonds is 9. The Labute approximate surface area is 125 Å². The minimum atomic E-state index is -0.310. The van der Waals surface area contributed by atoms with Crippen molar-refractivity contribution >= 4 is 5.91 Å². The van der Waals surface area contributed by atoms with Crippen LogP contribution in [-0.4, -0.2) is 51.8 Å². The Kier molecular flexibility index (Phi) is 7.71. The van der Waals surface area contributed by atoms with Gasteiger partial charge in [0.2, 0.25) is 5.91 Å². The monoisotopic (exact) mass is 298 g/mol. The molecule has 0 aliphatic heterocycles. The topological polar surface area (TPSA) is 50.8 Å². The molecule has 1 rings (SSSR count). The third kappa shape index (κ3) is 6.55. The van der Waals surface area contributed by atoms with Crippen LogP contribution in [0.4, 0.5) is 4.39 Å². The number of carbonyl (C=O) groups is 1. The molecule has 1 amide bonds. The minimum absolute atomic E-state index is 0.00289. The molecule has 0 radical (unpaired) electrons. The molecule has 0 saturated carbocycles. The molecule has 0 aromatic heterocycles. The fourth-order valence-electron chi connectivity index (χ4n) is 1.70. The van der Waals surface area contributed by atoms with E-state index in [0.29, 0.717) is 31.9 Å². The second-order valence-corrected chi connectivity index (χ2v) is 4.81. The molecule has 0 aliphatic carbocycles. The van der Waals surface area contributed by atoms with E-state index in [2.05, 4.69) is 5.32 Å². The molecule has 21 heavy (non-hydrogen) atoms. The fraction of sp³-hybridized carbons (Fsp3) is 0.533. The summed E-state index contributed by atoms with van der Waals surface area (Å²) in [6, 6.07) is 4.37. The van der Waals surface area contributed by atoms with Gasteiger partial charge in [0.05, 0.1) is 19.6 Å². The highest BCUT2D eigenvalue weighted by Crippen LogP contribution is 2.20. The van der Waals surface area contributed by atoms with E-state index >= 15 is 0 Å². The summed E-state index contributed by atoms with van der Waals surface area (Å²) < 4.78 is 23.8. The van der Waals surface area contributed by atoms with Gasteiger partial charge in [-0.1, -0.05) is 0 Å². The predicted octanol–water partition coefficient (Wildman–Crippen LogP) is 1.42. The molecule has 0 aliphatic rings. The van der Waals surface area contributed by atoms with E-state index < -0.39 is 0 Å². The first-order valence-electron chi connectivity index (χ1n) is 6.85. The van der Waals surface area contributed by atoms with Gasteiger partial charge in [-0.3, -0.25) is 4.79 Å². The van der Waals surface area contributed by atoms with Crippen LogP contribution in [0.2, 0.25) is 0 Å². The van der Waals surface area contributed by atoms with Crippen molar-refractivity contribution in [3.63, 3.8) is 0 Å². The van der Waals surface area contributed by atoms with Crippen LogP contribution in [0, 0.1) is 5.82 Å². The molecule has 0 atom stereocenters. The molecule has 0 saturated heterocycles. The van der Waals surface area contributed by atoms with Crippen LogP contribution in [0.15, 0.2) is 18.2 Å². The van der Waals surface area contributed by atoms with Gasteiger partial charge in [0.25, 0.3) is 0 Å². The summed E-state index contributed by atoms with van der Waals surface area (Å²) in [4.78, 5) is 13.0. The third-order valence-electron chi connectivity index (χ3n) is 2.89. The molecule has 118 valence electrons. The molecular weight excluding hydrogens is 275 g/mol. The maximum absolute atomic E-state index is 13.3. The second-order valence-electron chi connectivity index (χ2n) is 4.81. The predicted molar refractivity (Wildman–Crippen MR) is 78.8 cm³/mol. The van der Waals surface area contributed by atoms with Crippen LogP contribution in [0.25, 0.3) is 0 Å². The highest BCUT2D eigenvalue weighted by atomic mass is 19.1. The van der Waals surface area contributed by atoms with Gasteiger partial charge in [0, 0.05) is 39.9 Å². The van der Waals surface area contributed by atoms with Gasteiger partial charge in [-0.15, -0.1) is 0 Å². The van der Waals surface area contributed by atoms with E-state index in [4.69, 9.17) is 9.47 Å². The third-order valence-corrected chi connectivity index (χ3v) is 2.89. The van der Waals surface area contributed by atoms with E-state index in [1.165, 1.54) is 17.0 Å². The highest BCUT2D eigenvalue weighted by Gasteiger charge is 2.08. The zero-order chi connectivity index (χ0) is 15.7. The lowest BCUT2D eigenvalue weighted by Gasteiger charge is -2.14. The van der Waals surface area contributed by atoms with Crippen molar-refractivity contribution in [2.24, 2.45) is 0 Å². The Morgan fingerprint density at radius 3 is 2.76 bits per heavy atom. The first kappa shape index (κ1) is 17.4. The number of carbonyl (C=O) groups excluding carboxylic acids is 1. The van der Waals surface area contributed by atoms with E-state index in [1.807, 2.05) is 0 Å². The van der Waals surface area contributed by atoms with Crippen LogP contribution >= 0.6 is 0 Å². The van der Waals surface area contributed by atoms with Gasteiger partial charge < -0.3 is 19.7 Å². The number of ether oxygens (including phenoxy) is 2. The van der Waals surface area contributed by atoms with E-state index in [-0.39, 0.29) is 18.3 Å². The molecule has 1 N–H and O–H groups in total. The maximum atomic E-state index is 13.3. The molecule has 0 spiro atoms. The van der Waals surface area contributed by atoms with E-state index in [9.17, 15) is 9.18 Å². The number of benzene rings is 1. The largest absolute Gasteiger partial charge is 0.493 e. The van der Waals surface area contributed by atoms with Gasteiger partial charge in [-0.25, -0.2) is 4.39 Å². The molecule has 1 aromatic carbocycles. The summed E-state index contributed by atoms with van der Waals surface area (Å²) in [7, 11) is 5.02. The SMILES string of the molecule is COCCNCc1cc(F)ccc1OCCC(=O)N(C)C. The number of hydrogen-bond acceptors (Lipinski definition) is 4. The van der Waals surface area contributed by atoms with Gasteiger partial charge in [0.15, 0.2) is 0 Å². The summed E-state index contributed by atoms with van der Waals surface area (Å²) in [6.45, 7) is 2.01. The zero-order valence-electron chi connectivity index (χ0n) is 12.8. The number of halogens is 1. The van der Waals surface area contributed by atoms with Crippen LogP contribution in [0.5, 0.6) is 5.75 Å². The number of nitrogens with zero attached hydrogens (tertiary/aromatic N) is 1. The molecule has 5 nitrogen and oxygen atoms in total. The van der Waals surface area contributed by atoms with Crippen molar-refractivity contribution in [2.75, 3.05) is 41.0 Å². The van der Waals surface area contributed by atoms with Gasteiger partial charge in [0.1, 0.15) is 11.6 Å². The summed E-state index contributed by atoms with van der Waals surface area (Å²) in [5, 5.41) is 3.14. The van der Waals surface area contributed by atoms with E-state index in [0.717, 1.165) is 5.56 Å². The Hall–Kier alpha value is -1.66. The summed E-state index contributed by atoms with van der Waals surface area (Å²) in [5.74, 6) is 0.278. The molecule has 1 aromatic rings. The summed E-state index contributed by atoms with van der Waals surface area (Å²) in [5.41, 5.74) is 0.725. The molecule has 0 fully saturated rings. The molecule has 0 bridgehead atoms. The normalized spacial score (nSPS) is 10.5. The Bertz CT molecular complexity index is 453. The first-order valence-corrected chi connectivity index (χ1v) is 6.85. The molecule has 6 heteroatoms. The average Bonchev–Trinajstić information content (AvgIpc) is 2.45.